The van der Waals surface area contributed by atoms with Gasteiger partial charge in [-0.25, -0.2) is 4.39 Å². The van der Waals surface area contributed by atoms with Gasteiger partial charge in [-0.3, -0.25) is 10.1 Å². The van der Waals surface area contributed by atoms with Crippen molar-refractivity contribution in [3.63, 3.8) is 0 Å². The number of benzene rings is 1. The predicted octanol–water partition coefficient (Wildman–Crippen LogP) is 3.18. The van der Waals surface area contributed by atoms with Gasteiger partial charge in [0.15, 0.2) is 0 Å². The topological polar surface area (TPSA) is 32.3 Å². The summed E-state index contributed by atoms with van der Waals surface area (Å²) < 4.78 is 13.5. The molecule has 0 saturated carbocycles. The molecule has 1 saturated heterocycles. The number of hydrogen-bond donors (Lipinski definition) is 1. The molecule has 1 aliphatic rings. The zero-order valence-electron chi connectivity index (χ0n) is 12.6. The van der Waals surface area contributed by atoms with Crippen LogP contribution in [0.5, 0.6) is 0 Å². The van der Waals surface area contributed by atoms with Crippen molar-refractivity contribution in [2.45, 2.75) is 38.4 Å². The number of rotatable bonds is 7. The second-order valence-electron chi connectivity index (χ2n) is 5.34. The van der Waals surface area contributed by atoms with Crippen LogP contribution >= 0.6 is 11.8 Å². The Balaban J connectivity index is 2.16. The van der Waals surface area contributed by atoms with Gasteiger partial charge in [-0.15, -0.1) is 0 Å². The molecule has 1 aliphatic heterocycles. The van der Waals surface area contributed by atoms with Gasteiger partial charge in [0, 0.05) is 6.54 Å². The SMILES string of the molecule is CCCC1NC(c2cccc(F)c2)N(CCCSC)C1=O. The van der Waals surface area contributed by atoms with Crippen LogP contribution in [0.3, 0.4) is 0 Å². The average molecular weight is 310 g/mol. The van der Waals surface area contributed by atoms with Gasteiger partial charge in [0.2, 0.25) is 5.91 Å². The summed E-state index contributed by atoms with van der Waals surface area (Å²) in [6, 6.07) is 6.38. The Hall–Kier alpha value is -1.07. The molecule has 116 valence electrons. The zero-order chi connectivity index (χ0) is 15.2. The lowest BCUT2D eigenvalue weighted by atomic mass is 10.1. The van der Waals surface area contributed by atoms with Crippen LogP contribution in [0.2, 0.25) is 0 Å². The summed E-state index contributed by atoms with van der Waals surface area (Å²) >= 11 is 1.78. The van der Waals surface area contributed by atoms with Gasteiger partial charge >= 0.3 is 0 Å². The lowest BCUT2D eigenvalue weighted by Gasteiger charge is -2.24. The van der Waals surface area contributed by atoms with Crippen LogP contribution in [0, 0.1) is 5.82 Å². The van der Waals surface area contributed by atoms with Gasteiger partial charge in [-0.2, -0.15) is 11.8 Å². The smallest absolute Gasteiger partial charge is 0.241 e. The molecule has 1 fully saturated rings. The molecule has 0 aliphatic carbocycles. The number of nitrogens with zero attached hydrogens (tertiary/aromatic N) is 1. The maximum absolute atomic E-state index is 13.5. The van der Waals surface area contributed by atoms with Crippen molar-refractivity contribution in [2.24, 2.45) is 0 Å². The van der Waals surface area contributed by atoms with E-state index in [9.17, 15) is 9.18 Å². The second-order valence-corrected chi connectivity index (χ2v) is 6.33. The summed E-state index contributed by atoms with van der Waals surface area (Å²) in [5, 5.41) is 3.37. The van der Waals surface area contributed by atoms with E-state index < -0.39 is 0 Å². The van der Waals surface area contributed by atoms with E-state index in [1.54, 1.807) is 17.8 Å². The largest absolute Gasteiger partial charge is 0.322 e. The van der Waals surface area contributed by atoms with E-state index >= 15 is 0 Å². The Morgan fingerprint density at radius 3 is 2.90 bits per heavy atom. The van der Waals surface area contributed by atoms with E-state index in [1.165, 1.54) is 12.1 Å². The van der Waals surface area contributed by atoms with Crippen LogP contribution in [0.25, 0.3) is 0 Å². The highest BCUT2D eigenvalue weighted by atomic mass is 32.2. The Bertz CT molecular complexity index is 483. The number of thioether (sulfide) groups is 1. The first-order valence-electron chi connectivity index (χ1n) is 7.48. The van der Waals surface area contributed by atoms with Gasteiger partial charge in [-0.1, -0.05) is 25.5 Å². The lowest BCUT2D eigenvalue weighted by Crippen LogP contribution is -2.32. The summed E-state index contributed by atoms with van der Waals surface area (Å²) in [6.45, 7) is 2.79. The van der Waals surface area contributed by atoms with Crippen molar-refractivity contribution in [1.29, 1.82) is 0 Å². The van der Waals surface area contributed by atoms with Gasteiger partial charge in [0.25, 0.3) is 0 Å². The summed E-state index contributed by atoms with van der Waals surface area (Å²) in [5.74, 6) is 0.912. The van der Waals surface area contributed by atoms with Crippen LogP contribution in [-0.2, 0) is 4.79 Å². The first-order valence-corrected chi connectivity index (χ1v) is 8.87. The molecule has 0 radical (unpaired) electrons. The highest BCUT2D eigenvalue weighted by Gasteiger charge is 2.38. The minimum atomic E-state index is -0.259. The molecule has 21 heavy (non-hydrogen) atoms. The van der Waals surface area contributed by atoms with Gasteiger partial charge in [-0.05, 0) is 42.5 Å². The van der Waals surface area contributed by atoms with Gasteiger partial charge in [0.05, 0.1) is 6.04 Å². The predicted molar refractivity (Wildman–Crippen MR) is 85.7 cm³/mol. The minimum Gasteiger partial charge on any atom is -0.322 e. The van der Waals surface area contributed by atoms with Crippen molar-refractivity contribution in [1.82, 2.24) is 10.2 Å². The number of hydrogen-bond acceptors (Lipinski definition) is 3. The van der Waals surface area contributed by atoms with E-state index in [0.717, 1.165) is 30.6 Å². The molecule has 1 N–H and O–H groups in total. The monoisotopic (exact) mass is 310 g/mol. The Morgan fingerprint density at radius 2 is 2.24 bits per heavy atom. The van der Waals surface area contributed by atoms with Crippen LogP contribution in [0.4, 0.5) is 4.39 Å². The zero-order valence-corrected chi connectivity index (χ0v) is 13.5. The van der Waals surface area contributed by atoms with E-state index in [1.807, 2.05) is 11.0 Å². The number of amides is 1. The summed E-state index contributed by atoms with van der Waals surface area (Å²) in [4.78, 5) is 14.4. The average Bonchev–Trinajstić information content (AvgIpc) is 2.77. The molecule has 2 rings (SSSR count). The van der Waals surface area contributed by atoms with Crippen molar-refractivity contribution >= 4 is 17.7 Å². The van der Waals surface area contributed by atoms with Crippen molar-refractivity contribution < 1.29 is 9.18 Å². The normalized spacial score (nSPS) is 22.0. The maximum Gasteiger partial charge on any atom is 0.241 e. The molecule has 0 aromatic heterocycles. The molecule has 1 heterocycles. The number of halogens is 1. The third kappa shape index (κ3) is 3.98. The fraction of sp³-hybridized carbons (Fsp3) is 0.562. The summed E-state index contributed by atoms with van der Waals surface area (Å²) in [7, 11) is 0. The van der Waals surface area contributed by atoms with Crippen molar-refractivity contribution in [2.75, 3.05) is 18.6 Å². The molecule has 1 aromatic rings. The van der Waals surface area contributed by atoms with Crippen molar-refractivity contribution in [3.05, 3.63) is 35.6 Å². The van der Waals surface area contributed by atoms with Crippen LogP contribution in [0.1, 0.15) is 37.9 Å². The van der Waals surface area contributed by atoms with Crippen LogP contribution in [0.15, 0.2) is 24.3 Å². The van der Waals surface area contributed by atoms with Crippen LogP contribution in [-0.4, -0.2) is 35.4 Å². The molecule has 3 nitrogen and oxygen atoms in total. The van der Waals surface area contributed by atoms with E-state index in [4.69, 9.17) is 0 Å². The minimum absolute atomic E-state index is 0.141. The Labute approximate surface area is 130 Å². The third-order valence-electron chi connectivity index (χ3n) is 3.74. The van der Waals surface area contributed by atoms with E-state index in [0.29, 0.717) is 6.54 Å². The molecular weight excluding hydrogens is 287 g/mol. The molecular formula is C16H23FN2OS. The quantitative estimate of drug-likeness (QED) is 0.785. The molecule has 2 atom stereocenters. The molecule has 1 aromatic carbocycles. The summed E-state index contributed by atoms with van der Waals surface area (Å²) in [6.07, 6.45) is 4.60. The molecule has 0 bridgehead atoms. The first-order chi connectivity index (χ1) is 10.2. The van der Waals surface area contributed by atoms with Gasteiger partial charge < -0.3 is 4.90 Å². The van der Waals surface area contributed by atoms with Gasteiger partial charge in [0.1, 0.15) is 12.0 Å². The number of carbonyl (C=O) groups excluding carboxylic acids is 1. The molecule has 0 spiro atoms. The number of carbonyl (C=O) groups is 1. The van der Waals surface area contributed by atoms with E-state index in [2.05, 4.69) is 18.5 Å². The summed E-state index contributed by atoms with van der Waals surface area (Å²) in [5.41, 5.74) is 0.825. The maximum atomic E-state index is 13.5. The standard InChI is InChI=1S/C16H23FN2OS/c1-3-6-14-16(20)19(9-5-10-21-2)15(18-14)12-7-4-8-13(17)11-12/h4,7-8,11,14-15,18H,3,5-6,9-10H2,1-2H3. The molecule has 1 amide bonds. The fourth-order valence-corrected chi connectivity index (χ4v) is 3.16. The Kier molecular flexibility index (Phi) is 6.06. The second kappa shape index (κ2) is 7.80. The number of nitrogens with one attached hydrogen (secondary N) is 1. The van der Waals surface area contributed by atoms with Crippen molar-refractivity contribution in [3.8, 4) is 0 Å². The lowest BCUT2D eigenvalue weighted by molar-refractivity contribution is -0.130. The molecule has 5 heteroatoms. The first kappa shape index (κ1) is 16.3. The van der Waals surface area contributed by atoms with Crippen LogP contribution < -0.4 is 5.32 Å². The molecule has 2 unspecified atom stereocenters. The fourth-order valence-electron chi connectivity index (χ4n) is 2.75. The van der Waals surface area contributed by atoms with E-state index in [-0.39, 0.29) is 23.9 Å². The highest BCUT2D eigenvalue weighted by molar-refractivity contribution is 7.98. The highest BCUT2D eigenvalue weighted by Crippen LogP contribution is 2.27. The third-order valence-corrected chi connectivity index (χ3v) is 4.44. The Morgan fingerprint density at radius 1 is 1.43 bits per heavy atom.